The Labute approximate surface area is 122 Å². The summed E-state index contributed by atoms with van der Waals surface area (Å²) in [5.74, 6) is -2.27. The van der Waals surface area contributed by atoms with E-state index in [2.05, 4.69) is 9.97 Å². The van der Waals surface area contributed by atoms with E-state index in [0.29, 0.717) is 12.1 Å². The van der Waals surface area contributed by atoms with E-state index >= 15 is 0 Å². The zero-order chi connectivity index (χ0) is 14.9. The van der Waals surface area contributed by atoms with Gasteiger partial charge in [0.1, 0.15) is 27.5 Å². The van der Waals surface area contributed by atoms with E-state index in [1.807, 2.05) is 4.72 Å². The van der Waals surface area contributed by atoms with Crippen molar-refractivity contribution in [2.75, 3.05) is 4.72 Å². The quantitative estimate of drug-likeness (QED) is 0.689. The number of benzene rings is 1. The van der Waals surface area contributed by atoms with Crippen molar-refractivity contribution in [1.29, 1.82) is 0 Å². The number of hydrogen-bond donors (Lipinski definition) is 1. The van der Waals surface area contributed by atoms with Crippen molar-refractivity contribution in [2.45, 2.75) is 4.90 Å². The molecule has 2 aromatic rings. The molecule has 0 saturated heterocycles. The third-order valence-electron chi connectivity index (χ3n) is 2.09. The number of nitrogens with zero attached hydrogens (tertiary/aromatic N) is 2. The van der Waals surface area contributed by atoms with Crippen LogP contribution in [0.3, 0.4) is 0 Å². The summed E-state index contributed by atoms with van der Waals surface area (Å²) in [6.07, 6.45) is 0. The minimum Gasteiger partial charge on any atom is -0.263 e. The molecule has 0 saturated carbocycles. The first-order valence-electron chi connectivity index (χ1n) is 4.96. The Morgan fingerprint density at radius 1 is 1.10 bits per heavy atom. The number of hydrogen-bond acceptors (Lipinski definition) is 4. The van der Waals surface area contributed by atoms with Crippen molar-refractivity contribution in [2.24, 2.45) is 0 Å². The zero-order valence-electron chi connectivity index (χ0n) is 9.44. The number of halogens is 4. The van der Waals surface area contributed by atoms with Crippen LogP contribution in [-0.4, -0.2) is 18.4 Å². The maximum Gasteiger partial charge on any atom is 0.266 e. The van der Waals surface area contributed by atoms with Crippen molar-refractivity contribution in [3.63, 3.8) is 0 Å². The second-order valence-corrected chi connectivity index (χ2v) is 5.90. The second kappa shape index (κ2) is 5.47. The molecule has 0 atom stereocenters. The molecule has 10 heteroatoms. The first-order chi connectivity index (χ1) is 9.28. The van der Waals surface area contributed by atoms with Crippen molar-refractivity contribution in [3.8, 4) is 0 Å². The van der Waals surface area contributed by atoms with Crippen LogP contribution in [0.25, 0.3) is 0 Å². The van der Waals surface area contributed by atoms with E-state index in [1.54, 1.807) is 0 Å². The molecule has 20 heavy (non-hydrogen) atoms. The van der Waals surface area contributed by atoms with Gasteiger partial charge in [-0.15, -0.1) is 0 Å². The lowest BCUT2D eigenvalue weighted by Crippen LogP contribution is -2.16. The Kier molecular flexibility index (Phi) is 4.07. The highest BCUT2D eigenvalue weighted by atomic mass is 35.5. The molecular formula is C10H5Cl2F2N3O2S. The maximum atomic E-state index is 13.5. The molecule has 0 radical (unpaired) electrons. The first-order valence-corrected chi connectivity index (χ1v) is 7.20. The minimum absolute atomic E-state index is 0.109. The Bertz CT molecular complexity index is 751. The van der Waals surface area contributed by atoms with Crippen LogP contribution in [0.1, 0.15) is 0 Å². The molecule has 0 spiro atoms. The Morgan fingerprint density at radius 3 is 2.45 bits per heavy atom. The van der Waals surface area contributed by atoms with E-state index in [4.69, 9.17) is 23.2 Å². The molecule has 0 amide bonds. The fourth-order valence-corrected chi connectivity index (χ4v) is 2.81. The molecule has 0 fully saturated rings. The van der Waals surface area contributed by atoms with Crippen LogP contribution in [0.4, 0.5) is 14.6 Å². The molecule has 0 aliphatic heterocycles. The number of nitrogens with one attached hydrogen (secondary N) is 1. The van der Waals surface area contributed by atoms with Crippen LogP contribution >= 0.6 is 23.2 Å². The standard InChI is InChI=1S/C10H5Cl2F2N3O2S/c11-8-4-9(16-10(12)15-8)17-20(18,19)7-3-5(13)1-2-6(7)14/h1-4H,(H,15,16,17). The van der Waals surface area contributed by atoms with Gasteiger partial charge in [0, 0.05) is 6.07 Å². The lowest BCUT2D eigenvalue weighted by Gasteiger charge is -2.08. The summed E-state index contributed by atoms with van der Waals surface area (Å²) >= 11 is 11.1. The highest BCUT2D eigenvalue weighted by Crippen LogP contribution is 2.21. The topological polar surface area (TPSA) is 72.0 Å². The molecule has 1 aromatic heterocycles. The van der Waals surface area contributed by atoms with Crippen LogP contribution in [-0.2, 0) is 10.0 Å². The van der Waals surface area contributed by atoms with Gasteiger partial charge in [-0.1, -0.05) is 11.6 Å². The summed E-state index contributed by atoms with van der Waals surface area (Å²) < 4.78 is 52.3. The molecule has 106 valence electrons. The Hall–Kier alpha value is -1.51. The molecule has 0 unspecified atom stereocenters. The van der Waals surface area contributed by atoms with Gasteiger partial charge in [0.15, 0.2) is 0 Å². The van der Waals surface area contributed by atoms with Gasteiger partial charge in [-0.2, -0.15) is 4.98 Å². The fraction of sp³-hybridized carbons (Fsp3) is 0. The van der Waals surface area contributed by atoms with E-state index in [1.165, 1.54) is 0 Å². The van der Waals surface area contributed by atoms with Crippen molar-refractivity contribution in [3.05, 3.63) is 46.3 Å². The molecule has 0 aliphatic rings. The predicted octanol–water partition coefficient (Wildman–Crippen LogP) is 2.86. The molecule has 1 N–H and O–H groups in total. The van der Waals surface area contributed by atoms with Gasteiger partial charge in [-0.05, 0) is 29.8 Å². The summed E-state index contributed by atoms with van der Waals surface area (Å²) in [6, 6.07) is 3.11. The van der Waals surface area contributed by atoms with Crippen LogP contribution in [0.15, 0.2) is 29.2 Å². The second-order valence-electron chi connectivity index (χ2n) is 3.53. The van der Waals surface area contributed by atoms with Crippen molar-refractivity contribution in [1.82, 2.24) is 9.97 Å². The summed E-state index contributed by atoms with van der Waals surface area (Å²) in [4.78, 5) is 6.22. The van der Waals surface area contributed by atoms with E-state index in [0.717, 1.165) is 12.1 Å². The largest absolute Gasteiger partial charge is 0.266 e. The molecule has 0 bridgehead atoms. The smallest absolute Gasteiger partial charge is 0.263 e. The van der Waals surface area contributed by atoms with Gasteiger partial charge in [0.2, 0.25) is 5.28 Å². The van der Waals surface area contributed by atoms with Crippen LogP contribution in [0.2, 0.25) is 10.4 Å². The summed E-state index contributed by atoms with van der Waals surface area (Å²) in [5, 5.41) is -0.405. The van der Waals surface area contributed by atoms with E-state index in [9.17, 15) is 17.2 Å². The average molecular weight is 340 g/mol. The van der Waals surface area contributed by atoms with Gasteiger partial charge in [0.05, 0.1) is 0 Å². The SMILES string of the molecule is O=S(=O)(Nc1cc(Cl)nc(Cl)n1)c1cc(F)ccc1F. The van der Waals surface area contributed by atoms with E-state index < -0.39 is 26.6 Å². The van der Waals surface area contributed by atoms with Gasteiger partial charge in [-0.25, -0.2) is 22.2 Å². The fourth-order valence-electron chi connectivity index (χ4n) is 1.32. The highest BCUT2D eigenvalue weighted by Gasteiger charge is 2.21. The predicted molar refractivity (Wildman–Crippen MR) is 69.2 cm³/mol. The minimum atomic E-state index is -4.37. The lowest BCUT2D eigenvalue weighted by atomic mass is 10.3. The first kappa shape index (κ1) is 14.9. The zero-order valence-corrected chi connectivity index (χ0v) is 11.8. The molecular weight excluding hydrogens is 335 g/mol. The van der Waals surface area contributed by atoms with Gasteiger partial charge >= 0.3 is 0 Å². The van der Waals surface area contributed by atoms with Crippen molar-refractivity contribution >= 4 is 39.0 Å². The third kappa shape index (κ3) is 3.33. The molecule has 2 rings (SSSR count). The van der Waals surface area contributed by atoms with Crippen LogP contribution in [0, 0.1) is 11.6 Å². The maximum absolute atomic E-state index is 13.5. The monoisotopic (exact) mass is 339 g/mol. The lowest BCUT2D eigenvalue weighted by molar-refractivity contribution is 0.555. The number of anilines is 1. The Balaban J connectivity index is 2.43. The van der Waals surface area contributed by atoms with Gasteiger partial charge < -0.3 is 0 Å². The summed E-state index contributed by atoms with van der Waals surface area (Å²) in [6.45, 7) is 0. The van der Waals surface area contributed by atoms with Gasteiger partial charge in [-0.3, -0.25) is 4.72 Å². The molecule has 1 heterocycles. The summed E-state index contributed by atoms with van der Waals surface area (Å²) in [5.41, 5.74) is 0. The molecule has 0 aliphatic carbocycles. The number of aromatic nitrogens is 2. The van der Waals surface area contributed by atoms with Gasteiger partial charge in [0.25, 0.3) is 10.0 Å². The highest BCUT2D eigenvalue weighted by molar-refractivity contribution is 7.92. The Morgan fingerprint density at radius 2 is 1.80 bits per heavy atom. The van der Waals surface area contributed by atoms with Crippen LogP contribution < -0.4 is 4.72 Å². The molecule has 5 nitrogen and oxygen atoms in total. The summed E-state index contributed by atoms with van der Waals surface area (Å²) in [7, 11) is -4.37. The van der Waals surface area contributed by atoms with Crippen molar-refractivity contribution < 1.29 is 17.2 Å². The number of rotatable bonds is 3. The molecule has 1 aromatic carbocycles. The normalized spacial score (nSPS) is 11.4. The average Bonchev–Trinajstić information content (AvgIpc) is 2.30. The van der Waals surface area contributed by atoms with E-state index in [-0.39, 0.29) is 16.3 Å². The number of sulfonamides is 1. The van der Waals surface area contributed by atoms with Crippen LogP contribution in [0.5, 0.6) is 0 Å². The third-order valence-corrected chi connectivity index (χ3v) is 3.82.